The maximum Gasteiger partial charge on any atom is 0.343 e. The smallest absolute Gasteiger partial charge is 0.343 e. The second-order valence-corrected chi connectivity index (χ2v) is 4.79. The summed E-state index contributed by atoms with van der Waals surface area (Å²) in [7, 11) is 0. The van der Waals surface area contributed by atoms with E-state index in [1.165, 1.54) is 10.9 Å². The van der Waals surface area contributed by atoms with Crippen molar-refractivity contribution in [3.63, 3.8) is 0 Å². The van der Waals surface area contributed by atoms with Crippen molar-refractivity contribution in [2.45, 2.75) is 45.1 Å². The van der Waals surface area contributed by atoms with Gasteiger partial charge in [-0.15, -0.1) is 0 Å². The van der Waals surface area contributed by atoms with E-state index >= 15 is 0 Å². The molecule has 1 heterocycles. The van der Waals surface area contributed by atoms with Gasteiger partial charge in [0, 0.05) is 6.54 Å². The lowest BCUT2D eigenvalue weighted by atomic mass is 9.80. The molecule has 0 aromatic carbocycles. The third-order valence-corrected chi connectivity index (χ3v) is 3.61. The van der Waals surface area contributed by atoms with E-state index < -0.39 is 11.4 Å². The van der Waals surface area contributed by atoms with Crippen molar-refractivity contribution < 1.29 is 9.90 Å². The minimum Gasteiger partial charge on any atom is -0.481 e. The molecule has 0 unspecified atom stereocenters. The minimum atomic E-state index is -0.801. The van der Waals surface area contributed by atoms with Gasteiger partial charge in [-0.2, -0.15) is 5.10 Å². The monoisotopic (exact) mass is 239 g/mol. The number of rotatable bonds is 3. The summed E-state index contributed by atoms with van der Waals surface area (Å²) in [5.74, 6) is -0.799. The highest BCUT2D eigenvalue weighted by atomic mass is 16.4. The number of carboxylic acids is 1. The number of nitrogens with one attached hydrogen (secondary N) is 1. The van der Waals surface area contributed by atoms with Gasteiger partial charge in [0.2, 0.25) is 0 Å². The summed E-state index contributed by atoms with van der Waals surface area (Å²) in [5.41, 5.74) is -1.14. The Labute approximate surface area is 98.7 Å². The number of hydrogen-bond donors (Lipinski definition) is 2. The van der Waals surface area contributed by atoms with Crippen LogP contribution in [0.4, 0.5) is 0 Å². The van der Waals surface area contributed by atoms with Gasteiger partial charge in [0.25, 0.3) is 0 Å². The van der Waals surface area contributed by atoms with E-state index in [2.05, 4.69) is 10.2 Å². The summed E-state index contributed by atoms with van der Waals surface area (Å²) >= 11 is 0. The third kappa shape index (κ3) is 2.40. The van der Waals surface area contributed by atoms with E-state index in [1.54, 1.807) is 0 Å². The number of aromatic nitrogens is 3. The first-order valence-corrected chi connectivity index (χ1v) is 5.97. The predicted molar refractivity (Wildman–Crippen MR) is 60.6 cm³/mol. The van der Waals surface area contributed by atoms with Gasteiger partial charge < -0.3 is 5.11 Å². The summed E-state index contributed by atoms with van der Waals surface area (Å²) in [6.07, 6.45) is 6.64. The first kappa shape index (κ1) is 11.9. The fourth-order valence-corrected chi connectivity index (χ4v) is 2.55. The van der Waals surface area contributed by atoms with Crippen LogP contribution in [0.5, 0.6) is 0 Å². The Morgan fingerprint density at radius 3 is 2.53 bits per heavy atom. The molecule has 1 aromatic heterocycles. The highest BCUT2D eigenvalue weighted by molar-refractivity contribution is 5.74. The van der Waals surface area contributed by atoms with Crippen molar-refractivity contribution in [3.8, 4) is 0 Å². The summed E-state index contributed by atoms with van der Waals surface area (Å²) in [6, 6.07) is 0. The molecule has 0 saturated heterocycles. The quantitative estimate of drug-likeness (QED) is 0.770. The number of nitrogens with zero attached hydrogens (tertiary/aromatic N) is 2. The molecule has 2 N–H and O–H groups in total. The largest absolute Gasteiger partial charge is 0.481 e. The zero-order valence-corrected chi connectivity index (χ0v) is 9.69. The molecule has 6 heteroatoms. The van der Waals surface area contributed by atoms with Gasteiger partial charge in [0.05, 0.1) is 5.41 Å². The summed E-state index contributed by atoms with van der Waals surface area (Å²) in [5, 5.41) is 15.4. The Kier molecular flexibility index (Phi) is 3.31. The average Bonchev–Trinajstić information content (AvgIpc) is 2.54. The highest BCUT2D eigenvalue weighted by Gasteiger charge is 2.39. The standard InChI is InChI=1S/C11H17N3O3/c15-9(16)11(5-3-1-2-4-6-11)7-14-8-12-13-10(14)17/h8H,1-7H2,(H,13,17)(H,15,16). The molecule has 17 heavy (non-hydrogen) atoms. The summed E-state index contributed by atoms with van der Waals surface area (Å²) < 4.78 is 1.36. The van der Waals surface area contributed by atoms with Crippen molar-refractivity contribution in [1.29, 1.82) is 0 Å². The minimum absolute atomic E-state index is 0.220. The van der Waals surface area contributed by atoms with Crippen LogP contribution in [0.25, 0.3) is 0 Å². The third-order valence-electron chi connectivity index (χ3n) is 3.61. The lowest BCUT2D eigenvalue weighted by Gasteiger charge is -2.27. The van der Waals surface area contributed by atoms with Crippen LogP contribution >= 0.6 is 0 Å². The zero-order chi connectivity index (χ0) is 12.3. The van der Waals surface area contributed by atoms with Crippen molar-refractivity contribution in [3.05, 3.63) is 16.8 Å². The van der Waals surface area contributed by atoms with Crippen molar-refractivity contribution in [2.75, 3.05) is 0 Å². The molecule has 1 aromatic rings. The number of carbonyl (C=O) groups is 1. The molecule has 0 amide bonds. The molecule has 0 atom stereocenters. The fourth-order valence-electron chi connectivity index (χ4n) is 2.55. The van der Waals surface area contributed by atoms with E-state index in [9.17, 15) is 14.7 Å². The Morgan fingerprint density at radius 1 is 1.41 bits per heavy atom. The van der Waals surface area contributed by atoms with Gasteiger partial charge in [0.1, 0.15) is 6.33 Å². The van der Waals surface area contributed by atoms with Gasteiger partial charge in [-0.1, -0.05) is 25.7 Å². The van der Waals surface area contributed by atoms with Gasteiger partial charge in [-0.3, -0.25) is 9.36 Å². The molecule has 1 fully saturated rings. The van der Waals surface area contributed by atoms with Gasteiger partial charge >= 0.3 is 11.7 Å². The molecular weight excluding hydrogens is 222 g/mol. The maximum absolute atomic E-state index is 11.5. The zero-order valence-electron chi connectivity index (χ0n) is 9.69. The van der Waals surface area contributed by atoms with Crippen molar-refractivity contribution in [2.24, 2.45) is 5.41 Å². The topological polar surface area (TPSA) is 88.0 Å². The van der Waals surface area contributed by atoms with Gasteiger partial charge in [-0.05, 0) is 12.8 Å². The van der Waals surface area contributed by atoms with Gasteiger partial charge in [0.15, 0.2) is 0 Å². The van der Waals surface area contributed by atoms with E-state index in [0.717, 1.165) is 25.7 Å². The van der Waals surface area contributed by atoms with Crippen LogP contribution in [0, 0.1) is 5.41 Å². The number of H-pyrrole nitrogens is 1. The number of hydrogen-bond acceptors (Lipinski definition) is 3. The fraction of sp³-hybridized carbons (Fsp3) is 0.727. The molecule has 1 saturated carbocycles. The van der Waals surface area contributed by atoms with E-state index in [0.29, 0.717) is 12.8 Å². The maximum atomic E-state index is 11.5. The van der Waals surface area contributed by atoms with Crippen LogP contribution in [-0.4, -0.2) is 25.8 Å². The molecule has 2 rings (SSSR count). The Hall–Kier alpha value is -1.59. The van der Waals surface area contributed by atoms with Gasteiger partial charge in [-0.25, -0.2) is 9.89 Å². The Bertz CT molecular complexity index is 441. The lowest BCUT2D eigenvalue weighted by molar-refractivity contribution is -0.151. The first-order valence-electron chi connectivity index (χ1n) is 5.97. The van der Waals surface area contributed by atoms with E-state index in [1.807, 2.05) is 0 Å². The number of carboxylic acid groups (broad SMARTS) is 1. The SMILES string of the molecule is O=C(O)C1(Cn2cn[nH]c2=O)CCCCCC1. The predicted octanol–water partition coefficient (Wildman–Crippen LogP) is 0.997. The molecule has 0 aliphatic heterocycles. The second kappa shape index (κ2) is 4.73. The molecule has 94 valence electrons. The summed E-state index contributed by atoms with van der Waals surface area (Å²) in [6.45, 7) is 0.220. The molecule has 0 spiro atoms. The van der Waals surface area contributed by atoms with Crippen LogP contribution in [-0.2, 0) is 11.3 Å². The normalized spacial score (nSPS) is 19.8. The lowest BCUT2D eigenvalue weighted by Crippen LogP contribution is -2.37. The molecule has 1 aliphatic rings. The van der Waals surface area contributed by atoms with Crippen LogP contribution in [0.15, 0.2) is 11.1 Å². The molecule has 0 radical (unpaired) electrons. The first-order chi connectivity index (χ1) is 8.14. The van der Waals surface area contributed by atoms with Crippen molar-refractivity contribution >= 4 is 5.97 Å². The van der Waals surface area contributed by atoms with E-state index in [-0.39, 0.29) is 12.2 Å². The van der Waals surface area contributed by atoms with Crippen LogP contribution in [0.1, 0.15) is 38.5 Å². The average molecular weight is 239 g/mol. The van der Waals surface area contributed by atoms with Crippen LogP contribution < -0.4 is 5.69 Å². The molecular formula is C11H17N3O3. The van der Waals surface area contributed by atoms with E-state index in [4.69, 9.17) is 0 Å². The molecule has 0 bridgehead atoms. The van der Waals surface area contributed by atoms with Crippen LogP contribution in [0.2, 0.25) is 0 Å². The number of aromatic amines is 1. The summed E-state index contributed by atoms with van der Waals surface area (Å²) in [4.78, 5) is 22.9. The highest BCUT2D eigenvalue weighted by Crippen LogP contribution is 2.36. The molecule has 6 nitrogen and oxygen atoms in total. The Morgan fingerprint density at radius 2 is 2.06 bits per heavy atom. The number of aliphatic carboxylic acids is 1. The Balaban J connectivity index is 2.25. The van der Waals surface area contributed by atoms with Crippen LogP contribution in [0.3, 0.4) is 0 Å². The molecule has 1 aliphatic carbocycles. The van der Waals surface area contributed by atoms with Crippen molar-refractivity contribution in [1.82, 2.24) is 14.8 Å². The second-order valence-electron chi connectivity index (χ2n) is 4.79.